The zero-order valence-corrected chi connectivity index (χ0v) is 9.18. The van der Waals surface area contributed by atoms with E-state index in [9.17, 15) is 4.79 Å². The lowest BCUT2D eigenvalue weighted by Gasteiger charge is -2.02. The molecule has 0 radical (unpaired) electrons. The van der Waals surface area contributed by atoms with Gasteiger partial charge in [-0.2, -0.15) is 10.1 Å². The van der Waals surface area contributed by atoms with Gasteiger partial charge in [0.25, 0.3) is 5.24 Å². The molecule has 6 heteroatoms. The summed E-state index contributed by atoms with van der Waals surface area (Å²) < 4.78 is 6.44. The number of rotatable bonds is 3. The summed E-state index contributed by atoms with van der Waals surface area (Å²) in [6, 6.07) is 5.25. The molecule has 0 N–H and O–H groups in total. The summed E-state index contributed by atoms with van der Waals surface area (Å²) in [5.74, 6) is 1.04. The fraction of sp³-hybridized carbons (Fsp3) is 0.100. The van der Waals surface area contributed by atoms with E-state index in [1.807, 2.05) is 0 Å². The van der Waals surface area contributed by atoms with Crippen molar-refractivity contribution in [1.82, 2.24) is 14.8 Å². The van der Waals surface area contributed by atoms with Crippen molar-refractivity contribution in [3.8, 4) is 11.7 Å². The molecule has 0 spiro atoms. The normalized spacial score (nSPS) is 10.1. The van der Waals surface area contributed by atoms with Crippen molar-refractivity contribution in [1.29, 1.82) is 0 Å². The van der Waals surface area contributed by atoms with E-state index in [0.717, 1.165) is 0 Å². The summed E-state index contributed by atoms with van der Waals surface area (Å²) in [5.41, 5.74) is 0.325. The van der Waals surface area contributed by atoms with Crippen LogP contribution in [-0.2, 0) is 0 Å². The molecule has 0 fully saturated rings. The number of ether oxygens (including phenoxy) is 1. The number of nitrogens with zero attached hydrogens (tertiary/aromatic N) is 3. The number of methoxy groups -OCH3 is 1. The number of halogens is 1. The first-order chi connectivity index (χ1) is 7.70. The summed E-state index contributed by atoms with van der Waals surface area (Å²) in [6.07, 6.45) is 2.90. The largest absolute Gasteiger partial charge is 0.481 e. The van der Waals surface area contributed by atoms with Crippen LogP contribution in [0.25, 0.3) is 5.82 Å². The van der Waals surface area contributed by atoms with Crippen molar-refractivity contribution >= 4 is 16.8 Å². The van der Waals surface area contributed by atoms with Gasteiger partial charge in [0.05, 0.1) is 18.9 Å². The second kappa shape index (κ2) is 4.32. The molecule has 0 aliphatic rings. The molecule has 0 atom stereocenters. The van der Waals surface area contributed by atoms with Gasteiger partial charge in [0.2, 0.25) is 5.88 Å². The number of hydrogen-bond acceptors (Lipinski definition) is 4. The first-order valence-electron chi connectivity index (χ1n) is 4.46. The van der Waals surface area contributed by atoms with Crippen molar-refractivity contribution in [2.75, 3.05) is 7.11 Å². The zero-order chi connectivity index (χ0) is 11.5. The van der Waals surface area contributed by atoms with Gasteiger partial charge in [-0.25, -0.2) is 4.68 Å². The molecular weight excluding hydrogens is 230 g/mol. The van der Waals surface area contributed by atoms with E-state index in [2.05, 4.69) is 10.1 Å². The summed E-state index contributed by atoms with van der Waals surface area (Å²) >= 11 is 5.33. The fourth-order valence-corrected chi connectivity index (χ4v) is 1.29. The summed E-state index contributed by atoms with van der Waals surface area (Å²) in [7, 11) is 1.53. The molecule has 0 amide bonds. The van der Waals surface area contributed by atoms with Crippen LogP contribution in [-0.4, -0.2) is 27.1 Å². The fourth-order valence-electron chi connectivity index (χ4n) is 1.19. The van der Waals surface area contributed by atoms with Gasteiger partial charge in [-0.15, -0.1) is 0 Å². The minimum absolute atomic E-state index is 0.325. The van der Waals surface area contributed by atoms with Crippen LogP contribution in [0, 0.1) is 0 Å². The Bertz CT molecular complexity index is 524. The first kappa shape index (κ1) is 10.6. The molecule has 2 heterocycles. The van der Waals surface area contributed by atoms with Gasteiger partial charge in [-0.3, -0.25) is 4.79 Å². The maximum Gasteiger partial charge on any atom is 0.255 e. The summed E-state index contributed by atoms with van der Waals surface area (Å²) in [6.45, 7) is 0. The molecule has 5 nitrogen and oxygen atoms in total. The molecular formula is C10H8ClN3O2. The molecule has 2 rings (SSSR count). The highest BCUT2D eigenvalue weighted by Crippen LogP contribution is 2.11. The lowest BCUT2D eigenvalue weighted by atomic mass is 10.4. The van der Waals surface area contributed by atoms with E-state index in [1.54, 1.807) is 18.2 Å². The number of carbonyl (C=O) groups is 1. The topological polar surface area (TPSA) is 57.0 Å². The molecule has 16 heavy (non-hydrogen) atoms. The van der Waals surface area contributed by atoms with E-state index in [4.69, 9.17) is 16.3 Å². The predicted octanol–water partition coefficient (Wildman–Crippen LogP) is 1.65. The average molecular weight is 238 g/mol. The average Bonchev–Trinajstić information content (AvgIpc) is 2.78. The number of aromatic nitrogens is 3. The third-order valence-corrected chi connectivity index (χ3v) is 2.18. The Morgan fingerprint density at radius 2 is 2.31 bits per heavy atom. The molecule has 0 aromatic carbocycles. The quantitative estimate of drug-likeness (QED) is 0.762. The van der Waals surface area contributed by atoms with Crippen LogP contribution in [0.3, 0.4) is 0 Å². The number of hydrogen-bond donors (Lipinski definition) is 0. The zero-order valence-electron chi connectivity index (χ0n) is 8.42. The van der Waals surface area contributed by atoms with Gasteiger partial charge in [0, 0.05) is 12.3 Å². The highest BCUT2D eigenvalue weighted by Gasteiger charge is 2.07. The van der Waals surface area contributed by atoms with E-state index < -0.39 is 5.24 Å². The lowest BCUT2D eigenvalue weighted by Crippen LogP contribution is -1.99. The Balaban J connectivity index is 2.38. The van der Waals surface area contributed by atoms with Gasteiger partial charge in [-0.05, 0) is 17.7 Å². The van der Waals surface area contributed by atoms with Crippen LogP contribution in [0.1, 0.15) is 10.4 Å². The van der Waals surface area contributed by atoms with E-state index in [0.29, 0.717) is 17.3 Å². The van der Waals surface area contributed by atoms with Crippen LogP contribution in [0.2, 0.25) is 0 Å². The van der Waals surface area contributed by atoms with Crippen LogP contribution >= 0.6 is 11.6 Å². The van der Waals surface area contributed by atoms with Crippen molar-refractivity contribution in [2.24, 2.45) is 0 Å². The van der Waals surface area contributed by atoms with E-state index in [-0.39, 0.29) is 0 Å². The van der Waals surface area contributed by atoms with Crippen LogP contribution < -0.4 is 4.74 Å². The molecule has 0 aliphatic heterocycles. The third-order valence-electron chi connectivity index (χ3n) is 1.96. The molecule has 2 aromatic rings. The Hall–Kier alpha value is -1.88. The number of carbonyl (C=O) groups excluding carboxylic acids is 1. The van der Waals surface area contributed by atoms with Crippen LogP contribution in [0.4, 0.5) is 0 Å². The molecule has 0 aliphatic carbocycles. The van der Waals surface area contributed by atoms with Crippen LogP contribution in [0.5, 0.6) is 5.88 Å². The Morgan fingerprint density at radius 1 is 1.50 bits per heavy atom. The van der Waals surface area contributed by atoms with Gasteiger partial charge >= 0.3 is 0 Å². The smallest absolute Gasteiger partial charge is 0.255 e. The minimum atomic E-state index is -0.547. The lowest BCUT2D eigenvalue weighted by molar-refractivity contribution is 0.108. The summed E-state index contributed by atoms with van der Waals surface area (Å²) in [5, 5.41) is 3.43. The van der Waals surface area contributed by atoms with E-state index >= 15 is 0 Å². The van der Waals surface area contributed by atoms with Gasteiger partial charge < -0.3 is 4.74 Å². The minimum Gasteiger partial charge on any atom is -0.481 e. The molecule has 0 unspecified atom stereocenters. The van der Waals surface area contributed by atoms with Crippen LogP contribution in [0.15, 0.2) is 30.6 Å². The first-order valence-corrected chi connectivity index (χ1v) is 4.84. The van der Waals surface area contributed by atoms with Gasteiger partial charge in [0.15, 0.2) is 5.82 Å². The molecule has 2 aromatic heterocycles. The van der Waals surface area contributed by atoms with Crippen molar-refractivity contribution in [2.45, 2.75) is 0 Å². The van der Waals surface area contributed by atoms with E-state index in [1.165, 1.54) is 24.2 Å². The molecule has 0 bridgehead atoms. The second-order valence-electron chi connectivity index (χ2n) is 2.99. The Kier molecular flexibility index (Phi) is 2.87. The maximum atomic E-state index is 10.9. The monoisotopic (exact) mass is 237 g/mol. The third kappa shape index (κ3) is 2.04. The van der Waals surface area contributed by atoms with Gasteiger partial charge in [-0.1, -0.05) is 6.07 Å². The molecule has 82 valence electrons. The number of pyridine rings is 1. The Morgan fingerprint density at radius 3 is 2.94 bits per heavy atom. The predicted molar refractivity (Wildman–Crippen MR) is 58.1 cm³/mol. The summed E-state index contributed by atoms with van der Waals surface area (Å²) in [4.78, 5) is 15.0. The molecule has 0 saturated heterocycles. The SMILES string of the molecule is COc1cccc(-n2cc(C(=O)Cl)cn2)n1. The highest BCUT2D eigenvalue weighted by atomic mass is 35.5. The Labute approximate surface area is 96.6 Å². The van der Waals surface area contributed by atoms with Crippen molar-refractivity contribution < 1.29 is 9.53 Å². The van der Waals surface area contributed by atoms with Crippen molar-refractivity contribution in [3.05, 3.63) is 36.2 Å². The van der Waals surface area contributed by atoms with Gasteiger partial charge in [0.1, 0.15) is 0 Å². The molecule has 0 saturated carbocycles. The maximum absolute atomic E-state index is 10.9. The second-order valence-corrected chi connectivity index (χ2v) is 3.33. The standard InChI is InChI=1S/C10H8ClN3O2/c1-16-9-4-2-3-8(13-9)14-6-7(5-12-14)10(11)15/h2-6H,1H3. The highest BCUT2D eigenvalue weighted by molar-refractivity contribution is 6.67. The van der Waals surface area contributed by atoms with Crippen molar-refractivity contribution in [3.63, 3.8) is 0 Å².